The van der Waals surface area contributed by atoms with Gasteiger partial charge in [-0.25, -0.2) is 4.39 Å². The van der Waals surface area contributed by atoms with Gasteiger partial charge in [0.05, 0.1) is 0 Å². The van der Waals surface area contributed by atoms with Gasteiger partial charge >= 0.3 is 0 Å². The summed E-state index contributed by atoms with van der Waals surface area (Å²) >= 11 is 5.61. The maximum absolute atomic E-state index is 12.7. The summed E-state index contributed by atoms with van der Waals surface area (Å²) in [6.45, 7) is 0.278. The Morgan fingerprint density at radius 1 is 1.38 bits per heavy atom. The largest absolute Gasteiger partial charge is 0.329 e. The molecule has 74 valence electrons. The van der Waals surface area contributed by atoms with Crippen LogP contribution in [0.25, 0.3) is 0 Å². The van der Waals surface area contributed by atoms with E-state index in [1.54, 1.807) is 6.07 Å². The van der Waals surface area contributed by atoms with Crippen LogP contribution in [0.1, 0.15) is 11.6 Å². The Hall–Kier alpha value is -0.350. The summed E-state index contributed by atoms with van der Waals surface area (Å²) in [6.07, 6.45) is 0. The molecule has 1 rings (SSSR count). The van der Waals surface area contributed by atoms with E-state index in [4.69, 9.17) is 23.1 Å². The Bertz CT molecular complexity index is 261. The minimum Gasteiger partial charge on any atom is -0.329 e. The first-order chi connectivity index (χ1) is 5.63. The van der Waals surface area contributed by atoms with Gasteiger partial charge in [-0.15, -0.1) is 12.4 Å². The van der Waals surface area contributed by atoms with E-state index >= 15 is 0 Å². The molecule has 0 heterocycles. The Morgan fingerprint density at radius 2 is 2.00 bits per heavy atom. The molecule has 5 heteroatoms. The molecule has 0 unspecified atom stereocenters. The van der Waals surface area contributed by atoms with E-state index in [1.165, 1.54) is 12.1 Å². The zero-order valence-electron chi connectivity index (χ0n) is 6.84. The third kappa shape index (κ3) is 3.48. The van der Waals surface area contributed by atoms with Crippen LogP contribution in [0.5, 0.6) is 0 Å². The molecule has 0 aliphatic heterocycles. The number of nitrogens with two attached hydrogens (primary N) is 2. The lowest BCUT2D eigenvalue weighted by Gasteiger charge is -2.08. The fourth-order valence-electron chi connectivity index (χ4n) is 0.925. The molecular formula is C8H11Cl2FN2. The molecule has 0 aromatic heterocycles. The normalized spacial score (nSPS) is 12.0. The molecule has 0 radical (unpaired) electrons. The topological polar surface area (TPSA) is 52.0 Å². The van der Waals surface area contributed by atoms with Crippen LogP contribution in [0.2, 0.25) is 5.02 Å². The van der Waals surface area contributed by atoms with Crippen LogP contribution >= 0.6 is 24.0 Å². The van der Waals surface area contributed by atoms with E-state index in [0.717, 1.165) is 0 Å². The second-order valence-corrected chi connectivity index (χ2v) is 2.98. The maximum atomic E-state index is 12.7. The lowest BCUT2D eigenvalue weighted by Crippen LogP contribution is -2.20. The highest BCUT2D eigenvalue weighted by Crippen LogP contribution is 2.17. The molecule has 13 heavy (non-hydrogen) atoms. The maximum Gasteiger partial charge on any atom is 0.125 e. The summed E-state index contributed by atoms with van der Waals surface area (Å²) < 4.78 is 12.7. The van der Waals surface area contributed by atoms with Crippen LogP contribution in [0.3, 0.4) is 0 Å². The SMILES string of the molecule is Cl.NC[C@H](N)c1cc(F)cc(Cl)c1. The minimum atomic E-state index is -0.388. The van der Waals surface area contributed by atoms with Gasteiger partial charge in [-0.1, -0.05) is 11.6 Å². The van der Waals surface area contributed by atoms with Gasteiger partial charge in [0.2, 0.25) is 0 Å². The van der Waals surface area contributed by atoms with Gasteiger partial charge < -0.3 is 11.5 Å². The summed E-state index contributed by atoms with van der Waals surface area (Å²) in [6, 6.07) is 3.83. The Morgan fingerprint density at radius 3 is 2.46 bits per heavy atom. The first kappa shape index (κ1) is 12.7. The molecule has 0 fully saturated rings. The molecule has 0 aliphatic rings. The average Bonchev–Trinajstić information content (AvgIpc) is 2.01. The van der Waals surface area contributed by atoms with E-state index in [9.17, 15) is 4.39 Å². The average molecular weight is 225 g/mol. The fraction of sp³-hybridized carbons (Fsp3) is 0.250. The Labute approximate surface area is 87.5 Å². The third-order valence-electron chi connectivity index (χ3n) is 1.57. The van der Waals surface area contributed by atoms with Crippen LogP contribution in [-0.4, -0.2) is 6.54 Å². The van der Waals surface area contributed by atoms with E-state index < -0.39 is 0 Å². The smallest absolute Gasteiger partial charge is 0.125 e. The molecule has 0 saturated heterocycles. The zero-order chi connectivity index (χ0) is 9.14. The van der Waals surface area contributed by atoms with E-state index in [1.807, 2.05) is 0 Å². The van der Waals surface area contributed by atoms with E-state index in [0.29, 0.717) is 10.6 Å². The zero-order valence-corrected chi connectivity index (χ0v) is 8.41. The number of rotatable bonds is 2. The third-order valence-corrected chi connectivity index (χ3v) is 1.79. The fourth-order valence-corrected chi connectivity index (χ4v) is 1.16. The Balaban J connectivity index is 0.00000144. The summed E-state index contributed by atoms with van der Waals surface area (Å²) in [4.78, 5) is 0. The molecule has 0 bridgehead atoms. The number of hydrogen-bond acceptors (Lipinski definition) is 2. The summed E-state index contributed by atoms with van der Waals surface area (Å²) in [7, 11) is 0. The van der Waals surface area contributed by atoms with Crippen molar-refractivity contribution in [3.05, 3.63) is 34.6 Å². The summed E-state index contributed by atoms with van der Waals surface area (Å²) in [5, 5.41) is 0.342. The van der Waals surface area contributed by atoms with Crippen molar-refractivity contribution in [3.63, 3.8) is 0 Å². The first-order valence-corrected chi connectivity index (χ1v) is 3.93. The van der Waals surface area contributed by atoms with Crippen molar-refractivity contribution < 1.29 is 4.39 Å². The van der Waals surface area contributed by atoms with Crippen molar-refractivity contribution in [2.45, 2.75) is 6.04 Å². The van der Waals surface area contributed by atoms with Crippen LogP contribution in [-0.2, 0) is 0 Å². The van der Waals surface area contributed by atoms with Gasteiger partial charge in [0.25, 0.3) is 0 Å². The van der Waals surface area contributed by atoms with Crippen molar-refractivity contribution >= 4 is 24.0 Å². The van der Waals surface area contributed by atoms with Gasteiger partial charge in [0, 0.05) is 17.6 Å². The van der Waals surface area contributed by atoms with Crippen molar-refractivity contribution in [1.82, 2.24) is 0 Å². The second-order valence-electron chi connectivity index (χ2n) is 2.54. The molecule has 2 nitrogen and oxygen atoms in total. The highest BCUT2D eigenvalue weighted by atomic mass is 35.5. The molecule has 1 aromatic carbocycles. The number of benzene rings is 1. The van der Waals surface area contributed by atoms with E-state index in [2.05, 4.69) is 0 Å². The molecule has 0 spiro atoms. The lowest BCUT2D eigenvalue weighted by atomic mass is 10.1. The second kappa shape index (κ2) is 5.40. The van der Waals surface area contributed by atoms with Crippen molar-refractivity contribution in [3.8, 4) is 0 Å². The predicted molar refractivity (Wildman–Crippen MR) is 54.6 cm³/mol. The highest BCUT2D eigenvalue weighted by Gasteiger charge is 2.05. The molecule has 0 amide bonds. The number of hydrogen-bond donors (Lipinski definition) is 2. The number of halogens is 3. The molecular weight excluding hydrogens is 214 g/mol. The summed E-state index contributed by atoms with van der Waals surface area (Å²) in [5.74, 6) is -0.388. The Kier molecular flexibility index (Phi) is 5.25. The predicted octanol–water partition coefficient (Wildman–Crippen LogP) is 1.86. The quantitative estimate of drug-likeness (QED) is 0.807. The van der Waals surface area contributed by atoms with Gasteiger partial charge in [0.1, 0.15) is 5.82 Å². The minimum absolute atomic E-state index is 0. The van der Waals surface area contributed by atoms with Gasteiger partial charge in [-0.3, -0.25) is 0 Å². The monoisotopic (exact) mass is 224 g/mol. The van der Waals surface area contributed by atoms with Gasteiger partial charge in [-0.2, -0.15) is 0 Å². The molecule has 0 saturated carbocycles. The molecule has 1 atom stereocenters. The summed E-state index contributed by atoms with van der Waals surface area (Å²) in [5.41, 5.74) is 11.5. The van der Waals surface area contributed by atoms with Crippen LogP contribution in [0, 0.1) is 5.82 Å². The molecule has 0 aliphatic carbocycles. The van der Waals surface area contributed by atoms with Crippen molar-refractivity contribution in [2.75, 3.05) is 6.54 Å². The lowest BCUT2D eigenvalue weighted by molar-refractivity contribution is 0.620. The van der Waals surface area contributed by atoms with Gasteiger partial charge in [-0.05, 0) is 23.8 Å². The molecule has 1 aromatic rings. The van der Waals surface area contributed by atoms with Crippen LogP contribution < -0.4 is 11.5 Å². The standard InChI is InChI=1S/C8H10ClFN2.ClH/c9-6-1-5(8(12)4-11)2-7(10)3-6;/h1-3,8H,4,11-12H2;1H/t8-;/m0./s1. The highest BCUT2D eigenvalue weighted by molar-refractivity contribution is 6.30. The van der Waals surface area contributed by atoms with Gasteiger partial charge in [0.15, 0.2) is 0 Å². The first-order valence-electron chi connectivity index (χ1n) is 3.55. The van der Waals surface area contributed by atoms with Crippen molar-refractivity contribution in [1.29, 1.82) is 0 Å². The molecule has 4 N–H and O–H groups in total. The van der Waals surface area contributed by atoms with E-state index in [-0.39, 0.29) is 30.8 Å². The van der Waals surface area contributed by atoms with Crippen LogP contribution in [0.15, 0.2) is 18.2 Å². The van der Waals surface area contributed by atoms with Crippen molar-refractivity contribution in [2.24, 2.45) is 11.5 Å². The van der Waals surface area contributed by atoms with Crippen LogP contribution in [0.4, 0.5) is 4.39 Å².